The van der Waals surface area contributed by atoms with Crippen molar-refractivity contribution >= 4 is 52.4 Å². The molecule has 14 heavy (non-hydrogen) atoms. The minimum Gasteiger partial charge on any atom is -0.368 e. The largest absolute Gasteiger partial charge is 0.368 e. The van der Waals surface area contributed by atoms with E-state index in [1.54, 1.807) is 17.8 Å². The van der Waals surface area contributed by atoms with Crippen LogP contribution in [0.4, 0.5) is 5.82 Å². The van der Waals surface area contributed by atoms with Crippen molar-refractivity contribution in [2.24, 2.45) is 0 Å². The maximum absolute atomic E-state index is 5.91. The number of rotatable bonds is 4. The van der Waals surface area contributed by atoms with E-state index in [0.717, 1.165) is 12.3 Å². The molecule has 0 aliphatic rings. The second-order valence-corrected chi connectivity index (χ2v) is 4.67. The zero-order valence-electron chi connectivity index (χ0n) is 7.48. The Balaban J connectivity index is 2.72. The predicted octanol–water partition coefficient (Wildman–Crippen LogP) is 3.82. The molecule has 1 aromatic rings. The summed E-state index contributed by atoms with van der Waals surface area (Å²) in [6, 6.07) is 1.58. The molecule has 0 atom stereocenters. The summed E-state index contributed by atoms with van der Waals surface area (Å²) in [5.74, 6) is 1.56. The lowest BCUT2D eigenvalue weighted by Crippen LogP contribution is -2.06. The van der Waals surface area contributed by atoms with E-state index in [4.69, 9.17) is 34.8 Å². The Morgan fingerprint density at radius 1 is 1.36 bits per heavy atom. The van der Waals surface area contributed by atoms with Gasteiger partial charge in [-0.3, -0.25) is 0 Å². The Morgan fingerprint density at radius 3 is 2.71 bits per heavy atom. The van der Waals surface area contributed by atoms with Crippen LogP contribution >= 0.6 is 46.6 Å². The highest BCUT2D eigenvalue weighted by molar-refractivity contribution is 7.98. The van der Waals surface area contributed by atoms with Gasteiger partial charge in [0, 0.05) is 12.3 Å². The number of halogens is 3. The zero-order chi connectivity index (χ0) is 10.6. The van der Waals surface area contributed by atoms with Crippen LogP contribution in [0.25, 0.3) is 0 Å². The zero-order valence-corrected chi connectivity index (χ0v) is 10.6. The first kappa shape index (κ1) is 12.2. The number of hydrogen-bond acceptors (Lipinski definition) is 3. The molecule has 1 aromatic heterocycles. The van der Waals surface area contributed by atoms with Gasteiger partial charge < -0.3 is 5.32 Å². The summed E-state index contributed by atoms with van der Waals surface area (Å²) in [5.41, 5.74) is 0. The number of nitrogens with zero attached hydrogens (tertiary/aromatic N) is 1. The topological polar surface area (TPSA) is 24.9 Å². The number of anilines is 1. The number of pyridine rings is 1. The summed E-state index contributed by atoms with van der Waals surface area (Å²) in [5, 5.41) is 4.20. The van der Waals surface area contributed by atoms with Gasteiger partial charge in [-0.2, -0.15) is 11.8 Å². The van der Waals surface area contributed by atoms with Crippen LogP contribution in [0.3, 0.4) is 0 Å². The Kier molecular flexibility index (Phi) is 5.17. The minimum atomic E-state index is 0.266. The number of thioether (sulfide) groups is 1. The van der Waals surface area contributed by atoms with Crippen molar-refractivity contribution in [3.8, 4) is 0 Å². The third-order valence-electron chi connectivity index (χ3n) is 1.49. The highest BCUT2D eigenvalue weighted by Gasteiger charge is 2.06. The Labute approximate surface area is 102 Å². The molecule has 2 nitrogen and oxygen atoms in total. The fraction of sp³-hybridized carbons (Fsp3) is 0.375. The van der Waals surface area contributed by atoms with E-state index in [1.165, 1.54) is 0 Å². The third-order valence-corrected chi connectivity index (χ3v) is 3.06. The van der Waals surface area contributed by atoms with E-state index >= 15 is 0 Å². The van der Waals surface area contributed by atoms with Crippen molar-refractivity contribution in [2.75, 3.05) is 23.9 Å². The maximum Gasteiger partial charge on any atom is 0.150 e. The average Bonchev–Trinajstić information content (AvgIpc) is 2.14. The summed E-state index contributed by atoms with van der Waals surface area (Å²) in [4.78, 5) is 4.03. The van der Waals surface area contributed by atoms with Crippen LogP contribution < -0.4 is 5.32 Å². The molecule has 0 saturated carbocycles. The van der Waals surface area contributed by atoms with Gasteiger partial charge in [0.05, 0.1) is 10.0 Å². The minimum absolute atomic E-state index is 0.266. The number of nitrogens with one attached hydrogen (secondary N) is 1. The van der Waals surface area contributed by atoms with E-state index in [1.807, 2.05) is 6.26 Å². The number of hydrogen-bond donors (Lipinski definition) is 1. The molecular formula is C8H9Cl3N2S. The maximum atomic E-state index is 5.91. The molecule has 1 rings (SSSR count). The van der Waals surface area contributed by atoms with Gasteiger partial charge in [0.2, 0.25) is 0 Å². The standard InChI is InChI=1S/C8H9Cl3N2S/c1-14-3-2-12-8-6(10)4-5(9)7(11)13-8/h4H,2-3H2,1H3,(H,12,13). The fourth-order valence-corrected chi connectivity index (χ4v) is 1.71. The summed E-state index contributed by atoms with van der Waals surface area (Å²) >= 11 is 19.1. The van der Waals surface area contributed by atoms with E-state index in [9.17, 15) is 0 Å². The molecule has 1 heterocycles. The van der Waals surface area contributed by atoms with Crippen molar-refractivity contribution in [1.29, 1.82) is 0 Å². The molecule has 0 fully saturated rings. The smallest absolute Gasteiger partial charge is 0.150 e. The van der Waals surface area contributed by atoms with Crippen LogP contribution in [0.2, 0.25) is 15.2 Å². The lowest BCUT2D eigenvalue weighted by atomic mass is 10.4. The Hall–Kier alpha value is 0.170. The summed E-state index contributed by atoms with van der Waals surface area (Å²) in [6.07, 6.45) is 2.03. The summed E-state index contributed by atoms with van der Waals surface area (Å²) in [6.45, 7) is 0.797. The van der Waals surface area contributed by atoms with Gasteiger partial charge in [-0.05, 0) is 12.3 Å². The molecule has 0 aromatic carbocycles. The van der Waals surface area contributed by atoms with Crippen molar-refractivity contribution in [2.45, 2.75) is 0 Å². The van der Waals surface area contributed by atoms with E-state index in [-0.39, 0.29) is 5.15 Å². The molecule has 78 valence electrons. The van der Waals surface area contributed by atoms with Crippen molar-refractivity contribution in [3.05, 3.63) is 21.3 Å². The first-order chi connectivity index (χ1) is 6.65. The quantitative estimate of drug-likeness (QED) is 0.666. The van der Waals surface area contributed by atoms with Crippen LogP contribution in [-0.4, -0.2) is 23.5 Å². The second-order valence-electron chi connectivity index (χ2n) is 2.51. The van der Waals surface area contributed by atoms with Gasteiger partial charge in [0.25, 0.3) is 0 Å². The average molecular weight is 272 g/mol. The van der Waals surface area contributed by atoms with Crippen LogP contribution in [0.5, 0.6) is 0 Å². The van der Waals surface area contributed by atoms with Gasteiger partial charge in [-0.15, -0.1) is 0 Å². The Bertz CT molecular complexity index is 320. The molecule has 0 spiro atoms. The van der Waals surface area contributed by atoms with Crippen molar-refractivity contribution in [3.63, 3.8) is 0 Å². The van der Waals surface area contributed by atoms with Gasteiger partial charge in [0.1, 0.15) is 11.0 Å². The van der Waals surface area contributed by atoms with E-state index in [2.05, 4.69) is 10.3 Å². The van der Waals surface area contributed by atoms with Crippen LogP contribution in [0, 0.1) is 0 Å². The van der Waals surface area contributed by atoms with Crippen LogP contribution in [0.1, 0.15) is 0 Å². The van der Waals surface area contributed by atoms with Crippen molar-refractivity contribution < 1.29 is 0 Å². The molecule has 0 saturated heterocycles. The normalized spacial score (nSPS) is 10.3. The lowest BCUT2D eigenvalue weighted by Gasteiger charge is -2.07. The highest BCUT2D eigenvalue weighted by Crippen LogP contribution is 2.28. The van der Waals surface area contributed by atoms with E-state index in [0.29, 0.717) is 15.9 Å². The molecule has 0 amide bonds. The molecule has 0 aliphatic heterocycles. The van der Waals surface area contributed by atoms with Gasteiger partial charge in [-0.1, -0.05) is 34.8 Å². The molecule has 0 unspecified atom stereocenters. The summed E-state index contributed by atoms with van der Waals surface area (Å²) in [7, 11) is 0. The lowest BCUT2D eigenvalue weighted by molar-refractivity contribution is 1.17. The van der Waals surface area contributed by atoms with E-state index < -0.39 is 0 Å². The van der Waals surface area contributed by atoms with Gasteiger partial charge >= 0.3 is 0 Å². The number of aromatic nitrogens is 1. The van der Waals surface area contributed by atoms with Crippen molar-refractivity contribution in [1.82, 2.24) is 4.98 Å². The molecule has 0 radical (unpaired) electrons. The SMILES string of the molecule is CSCCNc1nc(Cl)c(Cl)cc1Cl. The summed E-state index contributed by atoms with van der Waals surface area (Å²) < 4.78 is 0. The monoisotopic (exact) mass is 270 g/mol. The highest BCUT2D eigenvalue weighted by atomic mass is 35.5. The third kappa shape index (κ3) is 3.39. The van der Waals surface area contributed by atoms with Gasteiger partial charge in [0.15, 0.2) is 0 Å². The van der Waals surface area contributed by atoms with Crippen LogP contribution in [-0.2, 0) is 0 Å². The fourth-order valence-electron chi connectivity index (χ4n) is 0.840. The molecule has 0 aliphatic carbocycles. The first-order valence-corrected chi connectivity index (χ1v) is 6.42. The molecule has 0 bridgehead atoms. The second kappa shape index (κ2) is 5.91. The molecular weight excluding hydrogens is 263 g/mol. The van der Waals surface area contributed by atoms with Gasteiger partial charge in [-0.25, -0.2) is 4.98 Å². The Morgan fingerprint density at radius 2 is 2.07 bits per heavy atom. The predicted molar refractivity (Wildman–Crippen MR) is 66.1 cm³/mol. The molecule has 1 N–H and O–H groups in total. The molecule has 6 heteroatoms. The van der Waals surface area contributed by atoms with Crippen LogP contribution in [0.15, 0.2) is 6.07 Å². The first-order valence-electron chi connectivity index (χ1n) is 3.89.